The Morgan fingerprint density at radius 1 is 1.16 bits per heavy atom. The molecule has 1 unspecified atom stereocenters. The molecule has 2 rings (SSSR count). The Labute approximate surface area is 115 Å². The molecule has 19 heavy (non-hydrogen) atoms. The van der Waals surface area contributed by atoms with Gasteiger partial charge in [0.05, 0.1) is 0 Å². The highest BCUT2D eigenvalue weighted by atomic mass is 16.5. The largest absolute Gasteiger partial charge is 0.425 e. The summed E-state index contributed by atoms with van der Waals surface area (Å²) in [6.45, 7) is 7.90. The van der Waals surface area contributed by atoms with Crippen molar-refractivity contribution >= 4 is 5.97 Å². The molecular weight excluding hydrogens is 238 g/mol. The van der Waals surface area contributed by atoms with Crippen molar-refractivity contribution in [2.75, 3.05) is 13.1 Å². The van der Waals surface area contributed by atoms with Crippen LogP contribution in [0.5, 0.6) is 5.75 Å². The molecule has 1 aliphatic rings. The summed E-state index contributed by atoms with van der Waals surface area (Å²) in [6, 6.07) is 5.78. The number of para-hydroxylation sites is 1. The lowest BCUT2D eigenvalue weighted by Gasteiger charge is -2.30. The van der Waals surface area contributed by atoms with E-state index in [1.54, 1.807) is 0 Å². The van der Waals surface area contributed by atoms with Gasteiger partial charge in [-0.25, -0.2) is 4.79 Å². The van der Waals surface area contributed by atoms with E-state index in [0.717, 1.165) is 30.0 Å². The fourth-order valence-electron chi connectivity index (χ4n) is 2.60. The molecular formula is C16H23NO2. The van der Waals surface area contributed by atoms with Crippen molar-refractivity contribution in [3.05, 3.63) is 29.3 Å². The summed E-state index contributed by atoms with van der Waals surface area (Å²) in [5.41, 5.74) is 2.03. The second-order valence-corrected chi connectivity index (χ2v) is 5.41. The Bertz CT molecular complexity index is 430. The van der Waals surface area contributed by atoms with Crippen molar-refractivity contribution in [2.45, 2.75) is 46.1 Å². The van der Waals surface area contributed by atoms with Crippen molar-refractivity contribution in [3.8, 4) is 5.75 Å². The third kappa shape index (κ3) is 3.35. The van der Waals surface area contributed by atoms with Gasteiger partial charge in [-0.15, -0.1) is 0 Å². The molecule has 0 bridgehead atoms. The molecule has 1 atom stereocenters. The molecule has 1 fully saturated rings. The van der Waals surface area contributed by atoms with Crippen molar-refractivity contribution in [1.82, 2.24) is 4.90 Å². The first-order chi connectivity index (χ1) is 9.09. The maximum atomic E-state index is 12.3. The third-order valence-electron chi connectivity index (χ3n) is 3.89. The van der Waals surface area contributed by atoms with Crippen LogP contribution in [0.3, 0.4) is 0 Å². The van der Waals surface area contributed by atoms with E-state index >= 15 is 0 Å². The predicted molar refractivity (Wildman–Crippen MR) is 76.4 cm³/mol. The van der Waals surface area contributed by atoms with Gasteiger partial charge < -0.3 is 4.74 Å². The third-order valence-corrected chi connectivity index (χ3v) is 3.89. The van der Waals surface area contributed by atoms with Crippen LogP contribution in [-0.2, 0) is 4.79 Å². The Morgan fingerprint density at radius 3 is 2.32 bits per heavy atom. The van der Waals surface area contributed by atoms with Gasteiger partial charge in [-0.2, -0.15) is 0 Å². The predicted octanol–water partition coefficient (Wildman–Crippen LogP) is 3.08. The lowest BCUT2D eigenvalue weighted by molar-refractivity contribution is -0.140. The number of carbonyl (C=O) groups is 1. The molecule has 104 valence electrons. The average Bonchev–Trinajstić information content (AvgIpc) is 2.43. The summed E-state index contributed by atoms with van der Waals surface area (Å²) < 4.78 is 5.61. The fourth-order valence-corrected chi connectivity index (χ4v) is 2.60. The highest BCUT2D eigenvalue weighted by Crippen LogP contribution is 2.23. The van der Waals surface area contributed by atoms with Gasteiger partial charge in [0.15, 0.2) is 0 Å². The number of likely N-dealkylation sites (tertiary alicyclic amines) is 1. The van der Waals surface area contributed by atoms with E-state index in [1.165, 1.54) is 19.3 Å². The van der Waals surface area contributed by atoms with Gasteiger partial charge >= 0.3 is 5.97 Å². The minimum atomic E-state index is -0.153. The van der Waals surface area contributed by atoms with E-state index in [9.17, 15) is 4.79 Å². The standard InChI is InChI=1S/C16H23NO2/c1-12-8-7-9-13(2)15(12)19-16(18)14(3)17-10-5-4-6-11-17/h7-9,14H,4-6,10-11H2,1-3H3. The van der Waals surface area contributed by atoms with Crippen LogP contribution in [0, 0.1) is 13.8 Å². The highest BCUT2D eigenvalue weighted by Gasteiger charge is 2.25. The molecule has 1 heterocycles. The number of esters is 1. The van der Waals surface area contributed by atoms with Crippen LogP contribution >= 0.6 is 0 Å². The number of hydrogen-bond donors (Lipinski definition) is 0. The lowest BCUT2D eigenvalue weighted by atomic mass is 10.1. The van der Waals surface area contributed by atoms with E-state index in [1.807, 2.05) is 39.0 Å². The van der Waals surface area contributed by atoms with Gasteiger partial charge in [0.2, 0.25) is 0 Å². The number of hydrogen-bond acceptors (Lipinski definition) is 3. The van der Waals surface area contributed by atoms with Crippen LogP contribution in [0.4, 0.5) is 0 Å². The zero-order valence-electron chi connectivity index (χ0n) is 12.1. The Morgan fingerprint density at radius 2 is 1.74 bits per heavy atom. The van der Waals surface area contributed by atoms with Crippen LogP contribution in [0.25, 0.3) is 0 Å². The molecule has 0 radical (unpaired) electrons. The quantitative estimate of drug-likeness (QED) is 0.618. The van der Waals surface area contributed by atoms with E-state index < -0.39 is 0 Å². The van der Waals surface area contributed by atoms with Crippen LogP contribution < -0.4 is 4.74 Å². The number of aryl methyl sites for hydroxylation is 2. The number of nitrogens with zero attached hydrogens (tertiary/aromatic N) is 1. The van der Waals surface area contributed by atoms with Gasteiger partial charge in [-0.05, 0) is 57.8 Å². The number of rotatable bonds is 3. The topological polar surface area (TPSA) is 29.5 Å². The fraction of sp³-hybridized carbons (Fsp3) is 0.562. The maximum absolute atomic E-state index is 12.3. The first-order valence-corrected chi connectivity index (χ1v) is 7.11. The van der Waals surface area contributed by atoms with Crippen LogP contribution in [-0.4, -0.2) is 30.0 Å². The second-order valence-electron chi connectivity index (χ2n) is 5.41. The summed E-state index contributed by atoms with van der Waals surface area (Å²) >= 11 is 0. The molecule has 0 aromatic heterocycles. The monoisotopic (exact) mass is 261 g/mol. The molecule has 0 amide bonds. The number of carbonyl (C=O) groups excluding carboxylic acids is 1. The molecule has 0 saturated carbocycles. The van der Waals surface area contributed by atoms with Gasteiger partial charge in [0.1, 0.15) is 11.8 Å². The van der Waals surface area contributed by atoms with Gasteiger partial charge in [-0.3, -0.25) is 4.90 Å². The summed E-state index contributed by atoms with van der Waals surface area (Å²) in [5.74, 6) is 0.579. The lowest BCUT2D eigenvalue weighted by Crippen LogP contribution is -2.44. The zero-order valence-corrected chi connectivity index (χ0v) is 12.1. The Hall–Kier alpha value is -1.35. The van der Waals surface area contributed by atoms with E-state index in [0.29, 0.717) is 0 Å². The first kappa shape index (κ1) is 14.1. The number of ether oxygens (including phenoxy) is 1. The number of benzene rings is 1. The molecule has 0 spiro atoms. The highest BCUT2D eigenvalue weighted by molar-refractivity contribution is 5.78. The molecule has 0 aliphatic carbocycles. The van der Waals surface area contributed by atoms with E-state index in [2.05, 4.69) is 4.90 Å². The second kappa shape index (κ2) is 6.20. The van der Waals surface area contributed by atoms with E-state index in [-0.39, 0.29) is 12.0 Å². The molecule has 1 aromatic rings. The van der Waals surface area contributed by atoms with Crippen LogP contribution in [0.2, 0.25) is 0 Å². The Kier molecular flexibility index (Phi) is 4.59. The maximum Gasteiger partial charge on any atom is 0.328 e. The summed E-state index contributed by atoms with van der Waals surface area (Å²) in [6.07, 6.45) is 3.64. The normalized spacial score (nSPS) is 18.1. The summed E-state index contributed by atoms with van der Waals surface area (Å²) in [7, 11) is 0. The minimum Gasteiger partial charge on any atom is -0.425 e. The SMILES string of the molecule is Cc1cccc(C)c1OC(=O)C(C)N1CCCCC1. The Balaban J connectivity index is 2.04. The van der Waals surface area contributed by atoms with Crippen molar-refractivity contribution < 1.29 is 9.53 Å². The molecule has 3 heteroatoms. The van der Waals surface area contributed by atoms with Gasteiger partial charge in [0.25, 0.3) is 0 Å². The molecule has 1 saturated heterocycles. The molecule has 1 aromatic carbocycles. The smallest absolute Gasteiger partial charge is 0.328 e. The zero-order chi connectivity index (χ0) is 13.8. The van der Waals surface area contributed by atoms with Crippen LogP contribution in [0.15, 0.2) is 18.2 Å². The molecule has 1 aliphatic heterocycles. The average molecular weight is 261 g/mol. The number of piperidine rings is 1. The molecule has 0 N–H and O–H groups in total. The minimum absolute atomic E-state index is 0.140. The first-order valence-electron chi connectivity index (χ1n) is 7.11. The van der Waals surface area contributed by atoms with E-state index in [4.69, 9.17) is 4.74 Å². The van der Waals surface area contributed by atoms with Gasteiger partial charge in [0, 0.05) is 0 Å². The summed E-state index contributed by atoms with van der Waals surface area (Å²) in [5, 5.41) is 0. The van der Waals surface area contributed by atoms with Crippen molar-refractivity contribution in [2.24, 2.45) is 0 Å². The van der Waals surface area contributed by atoms with Gasteiger partial charge in [-0.1, -0.05) is 24.6 Å². The van der Waals surface area contributed by atoms with Crippen LogP contribution in [0.1, 0.15) is 37.3 Å². The summed E-state index contributed by atoms with van der Waals surface area (Å²) in [4.78, 5) is 14.5. The molecule has 3 nitrogen and oxygen atoms in total. The van der Waals surface area contributed by atoms with Crippen molar-refractivity contribution in [3.63, 3.8) is 0 Å². The van der Waals surface area contributed by atoms with Crippen molar-refractivity contribution in [1.29, 1.82) is 0 Å².